The van der Waals surface area contributed by atoms with E-state index in [1.54, 1.807) is 31.2 Å². The lowest BCUT2D eigenvalue weighted by molar-refractivity contribution is -0.141. The molecule has 35 heavy (non-hydrogen) atoms. The van der Waals surface area contributed by atoms with Crippen LogP contribution in [0, 0.1) is 5.92 Å². The van der Waals surface area contributed by atoms with E-state index in [0.717, 1.165) is 19.6 Å². The molecule has 0 aromatic heterocycles. The van der Waals surface area contributed by atoms with E-state index >= 15 is 0 Å². The van der Waals surface area contributed by atoms with E-state index in [0.29, 0.717) is 30.1 Å². The zero-order valence-corrected chi connectivity index (χ0v) is 21.7. The SMILES string of the molecule is CCC(C)C(Cc1ccc(OCCN2CCCCC2)cc1)(C(=O)O)S(=O)(=O)c1ccc(OC)cc1. The number of methoxy groups -OCH3 is 1. The first-order valence-corrected chi connectivity index (χ1v) is 13.8. The second-order valence-electron chi connectivity index (χ2n) is 9.25. The summed E-state index contributed by atoms with van der Waals surface area (Å²) in [4.78, 5) is 15.1. The van der Waals surface area contributed by atoms with Crippen molar-refractivity contribution in [3.63, 3.8) is 0 Å². The molecule has 1 N–H and O–H groups in total. The first-order chi connectivity index (χ1) is 16.7. The third kappa shape index (κ3) is 5.98. The van der Waals surface area contributed by atoms with Gasteiger partial charge in [-0.05, 0) is 73.8 Å². The van der Waals surface area contributed by atoms with Gasteiger partial charge in [-0.15, -0.1) is 0 Å². The number of benzene rings is 2. The Hall–Kier alpha value is -2.58. The molecule has 0 amide bonds. The Labute approximate surface area is 209 Å². The second-order valence-corrected chi connectivity index (χ2v) is 11.5. The van der Waals surface area contributed by atoms with Crippen molar-refractivity contribution in [2.24, 2.45) is 5.92 Å². The molecule has 0 bridgehead atoms. The Morgan fingerprint density at radius 3 is 2.17 bits per heavy atom. The average Bonchev–Trinajstić information content (AvgIpc) is 2.88. The summed E-state index contributed by atoms with van der Waals surface area (Å²) in [5.41, 5.74) is 0.633. The van der Waals surface area contributed by atoms with Crippen molar-refractivity contribution in [3.8, 4) is 11.5 Å². The van der Waals surface area contributed by atoms with Crippen LogP contribution in [0.5, 0.6) is 11.5 Å². The summed E-state index contributed by atoms with van der Waals surface area (Å²) in [6, 6.07) is 13.0. The molecule has 8 heteroatoms. The van der Waals surface area contributed by atoms with Crippen molar-refractivity contribution in [3.05, 3.63) is 54.1 Å². The van der Waals surface area contributed by atoms with Crippen LogP contribution in [0.15, 0.2) is 53.4 Å². The molecule has 0 saturated carbocycles. The number of nitrogens with zero attached hydrogens (tertiary/aromatic N) is 1. The number of piperidine rings is 1. The van der Waals surface area contributed by atoms with Crippen LogP contribution in [0.4, 0.5) is 0 Å². The minimum absolute atomic E-state index is 0.0290. The van der Waals surface area contributed by atoms with Gasteiger partial charge in [0.25, 0.3) is 0 Å². The van der Waals surface area contributed by atoms with E-state index < -0.39 is 26.5 Å². The van der Waals surface area contributed by atoms with Crippen LogP contribution in [-0.2, 0) is 21.1 Å². The van der Waals surface area contributed by atoms with Gasteiger partial charge in [0.05, 0.1) is 12.0 Å². The summed E-state index contributed by atoms with van der Waals surface area (Å²) in [5.74, 6) is -0.769. The number of carboxylic acid groups (broad SMARTS) is 1. The Balaban J connectivity index is 1.81. The van der Waals surface area contributed by atoms with E-state index in [1.807, 2.05) is 6.92 Å². The molecule has 7 nitrogen and oxygen atoms in total. The number of likely N-dealkylation sites (tertiary alicyclic amines) is 1. The lowest BCUT2D eigenvalue weighted by atomic mass is 9.85. The number of hydrogen-bond acceptors (Lipinski definition) is 6. The Bertz CT molecular complexity index is 1060. The van der Waals surface area contributed by atoms with Crippen LogP contribution in [-0.4, -0.2) is 62.5 Å². The van der Waals surface area contributed by atoms with Crippen LogP contribution in [0.3, 0.4) is 0 Å². The van der Waals surface area contributed by atoms with E-state index in [-0.39, 0.29) is 11.3 Å². The van der Waals surface area contributed by atoms with E-state index in [1.165, 1.54) is 50.6 Å². The number of rotatable bonds is 12. The minimum Gasteiger partial charge on any atom is -0.497 e. The highest BCUT2D eigenvalue weighted by Gasteiger charge is 2.55. The number of carbonyl (C=O) groups is 1. The molecule has 0 aliphatic carbocycles. The molecule has 1 fully saturated rings. The fourth-order valence-electron chi connectivity index (χ4n) is 4.71. The highest BCUT2D eigenvalue weighted by atomic mass is 32.2. The van der Waals surface area contributed by atoms with E-state index in [9.17, 15) is 18.3 Å². The number of hydrogen-bond donors (Lipinski definition) is 1. The molecule has 1 heterocycles. The molecule has 2 atom stereocenters. The number of aliphatic carboxylic acids is 1. The largest absolute Gasteiger partial charge is 0.497 e. The molecule has 192 valence electrons. The minimum atomic E-state index is -4.23. The quantitative estimate of drug-likeness (QED) is 0.457. The summed E-state index contributed by atoms with van der Waals surface area (Å²) < 4.78 is 36.6. The van der Waals surface area contributed by atoms with Crippen molar-refractivity contribution in [2.75, 3.05) is 33.4 Å². The van der Waals surface area contributed by atoms with Gasteiger partial charge in [0, 0.05) is 13.0 Å². The standard InChI is InChI=1S/C27H37NO6S/c1-4-21(2)27(26(29)30,35(31,32)25-14-12-23(33-3)13-15-25)20-22-8-10-24(11-9-22)34-19-18-28-16-6-5-7-17-28/h8-15,21H,4-7,16-20H2,1-3H3,(H,29,30). The zero-order valence-electron chi connectivity index (χ0n) is 20.9. The first kappa shape index (κ1) is 27.0. The van der Waals surface area contributed by atoms with Crippen LogP contribution < -0.4 is 9.47 Å². The summed E-state index contributed by atoms with van der Waals surface area (Å²) in [6.45, 7) is 7.17. The van der Waals surface area contributed by atoms with E-state index in [2.05, 4.69) is 4.90 Å². The molecule has 2 aromatic carbocycles. The predicted molar refractivity (Wildman–Crippen MR) is 136 cm³/mol. The molecular formula is C27H37NO6S. The zero-order chi connectivity index (χ0) is 25.5. The van der Waals surface area contributed by atoms with Gasteiger partial charge in [0.2, 0.25) is 0 Å². The fourth-order valence-corrected chi connectivity index (χ4v) is 6.91. The summed E-state index contributed by atoms with van der Waals surface area (Å²) >= 11 is 0. The Kier molecular flexibility index (Phi) is 9.19. The molecule has 1 aliphatic heterocycles. The molecule has 1 saturated heterocycles. The summed E-state index contributed by atoms with van der Waals surface area (Å²) in [5, 5.41) is 10.3. The molecule has 2 unspecified atom stereocenters. The second kappa shape index (κ2) is 11.9. The number of sulfone groups is 1. The van der Waals surface area contributed by atoms with Crippen LogP contribution >= 0.6 is 0 Å². The maximum absolute atomic E-state index is 13.8. The van der Waals surface area contributed by atoms with E-state index in [4.69, 9.17) is 9.47 Å². The van der Waals surface area contributed by atoms with Crippen LogP contribution in [0.25, 0.3) is 0 Å². The van der Waals surface area contributed by atoms with Gasteiger partial charge in [-0.1, -0.05) is 38.8 Å². The molecule has 0 radical (unpaired) electrons. The van der Waals surface area contributed by atoms with Gasteiger partial charge < -0.3 is 14.6 Å². The van der Waals surface area contributed by atoms with Gasteiger partial charge in [0.15, 0.2) is 14.6 Å². The predicted octanol–water partition coefficient (Wildman–Crippen LogP) is 4.45. The maximum atomic E-state index is 13.8. The third-order valence-electron chi connectivity index (χ3n) is 7.13. The number of carboxylic acids is 1. The maximum Gasteiger partial charge on any atom is 0.326 e. The van der Waals surface area contributed by atoms with Crippen molar-refractivity contribution in [2.45, 2.75) is 55.6 Å². The highest BCUT2D eigenvalue weighted by molar-refractivity contribution is 7.93. The average molecular weight is 504 g/mol. The molecule has 1 aliphatic rings. The smallest absolute Gasteiger partial charge is 0.326 e. The summed E-state index contributed by atoms with van der Waals surface area (Å²) in [7, 11) is -2.73. The van der Waals surface area contributed by atoms with Gasteiger partial charge in [-0.3, -0.25) is 9.69 Å². The monoisotopic (exact) mass is 503 g/mol. The van der Waals surface area contributed by atoms with Crippen molar-refractivity contribution in [1.29, 1.82) is 0 Å². The first-order valence-electron chi connectivity index (χ1n) is 12.3. The van der Waals surface area contributed by atoms with Crippen molar-refractivity contribution >= 4 is 15.8 Å². The van der Waals surface area contributed by atoms with Crippen molar-refractivity contribution in [1.82, 2.24) is 4.90 Å². The summed E-state index contributed by atoms with van der Waals surface area (Å²) in [6.07, 6.45) is 4.02. The highest BCUT2D eigenvalue weighted by Crippen LogP contribution is 2.38. The van der Waals surface area contributed by atoms with Gasteiger partial charge in [-0.25, -0.2) is 8.42 Å². The van der Waals surface area contributed by atoms with Gasteiger partial charge in [0.1, 0.15) is 18.1 Å². The Morgan fingerprint density at radius 2 is 1.63 bits per heavy atom. The normalized spacial score (nSPS) is 17.3. The third-order valence-corrected chi connectivity index (χ3v) is 9.71. The molecule has 2 aromatic rings. The number of ether oxygens (including phenoxy) is 2. The van der Waals surface area contributed by atoms with Gasteiger partial charge >= 0.3 is 5.97 Å². The molecule has 0 spiro atoms. The fraction of sp³-hybridized carbons (Fsp3) is 0.519. The van der Waals surface area contributed by atoms with Crippen molar-refractivity contribution < 1.29 is 27.8 Å². The topological polar surface area (TPSA) is 93.1 Å². The molecule has 3 rings (SSSR count). The van der Waals surface area contributed by atoms with Crippen LogP contribution in [0.2, 0.25) is 0 Å². The van der Waals surface area contributed by atoms with Gasteiger partial charge in [-0.2, -0.15) is 0 Å². The lowest BCUT2D eigenvalue weighted by Gasteiger charge is -2.34. The van der Waals surface area contributed by atoms with Crippen LogP contribution in [0.1, 0.15) is 45.1 Å². The molecular weight excluding hydrogens is 466 g/mol. The Morgan fingerprint density at radius 1 is 1.03 bits per heavy atom. The lowest BCUT2D eigenvalue weighted by Crippen LogP contribution is -2.53.